The maximum absolute atomic E-state index is 12.3. The SMILES string of the molecule is CC(C)(OC(=O)C1(C)CCC=[N+]1O)[N+](=O)[CH]c1ccccc1. The van der Waals surface area contributed by atoms with E-state index in [2.05, 4.69) is 0 Å². The van der Waals surface area contributed by atoms with Crippen LogP contribution in [0.2, 0.25) is 0 Å². The Balaban J connectivity index is 2.05. The van der Waals surface area contributed by atoms with Crippen molar-refractivity contribution in [2.45, 2.75) is 44.9 Å². The predicted molar refractivity (Wildman–Crippen MR) is 79.4 cm³/mol. The van der Waals surface area contributed by atoms with Gasteiger partial charge in [0, 0.05) is 44.1 Å². The quantitative estimate of drug-likeness (QED) is 0.392. The molecule has 1 aliphatic rings. The molecule has 22 heavy (non-hydrogen) atoms. The number of nitrogens with zero attached hydrogens (tertiary/aromatic N) is 2. The molecule has 1 atom stereocenters. The number of nitroso groups, excluding NO2 is 1. The van der Waals surface area contributed by atoms with E-state index in [4.69, 9.17) is 4.74 Å². The van der Waals surface area contributed by atoms with E-state index in [1.165, 1.54) is 26.6 Å². The number of hydrogen-bond acceptors (Lipinski definition) is 4. The van der Waals surface area contributed by atoms with Gasteiger partial charge in [0.2, 0.25) is 0 Å². The van der Waals surface area contributed by atoms with E-state index >= 15 is 0 Å². The molecule has 0 fully saturated rings. The summed E-state index contributed by atoms with van der Waals surface area (Å²) >= 11 is 0. The smallest absolute Gasteiger partial charge is 0.388 e. The Labute approximate surface area is 129 Å². The average molecular weight is 305 g/mol. The van der Waals surface area contributed by atoms with Gasteiger partial charge in [0.05, 0.1) is 4.76 Å². The Morgan fingerprint density at radius 2 is 2.05 bits per heavy atom. The van der Waals surface area contributed by atoms with Crippen molar-refractivity contribution in [3.8, 4) is 0 Å². The fourth-order valence-corrected chi connectivity index (χ4v) is 2.19. The van der Waals surface area contributed by atoms with Crippen LogP contribution in [-0.4, -0.2) is 38.2 Å². The van der Waals surface area contributed by atoms with Crippen molar-refractivity contribution in [3.63, 3.8) is 0 Å². The van der Waals surface area contributed by atoms with Gasteiger partial charge >= 0.3 is 17.2 Å². The molecule has 0 saturated heterocycles. The monoisotopic (exact) mass is 305 g/mol. The van der Waals surface area contributed by atoms with E-state index in [-0.39, 0.29) is 0 Å². The molecule has 0 amide bonds. The Morgan fingerprint density at radius 3 is 2.59 bits per heavy atom. The molecule has 6 heteroatoms. The average Bonchev–Trinajstić information content (AvgIpc) is 2.80. The van der Waals surface area contributed by atoms with Crippen molar-refractivity contribution in [2.75, 3.05) is 0 Å². The zero-order valence-corrected chi connectivity index (χ0v) is 13.0. The second kappa shape index (κ2) is 5.87. The molecule has 0 aromatic heterocycles. The highest BCUT2D eigenvalue weighted by Gasteiger charge is 2.54. The minimum atomic E-state index is -1.38. The van der Waals surface area contributed by atoms with Gasteiger partial charge in [-0.2, -0.15) is 0 Å². The fourth-order valence-electron chi connectivity index (χ4n) is 2.19. The zero-order chi connectivity index (χ0) is 16.4. The summed E-state index contributed by atoms with van der Waals surface area (Å²) in [6.07, 6.45) is 2.55. The van der Waals surface area contributed by atoms with Gasteiger partial charge in [-0.25, -0.2) is 4.79 Å². The maximum atomic E-state index is 12.3. The molecule has 2 rings (SSSR count). The van der Waals surface area contributed by atoms with Gasteiger partial charge in [-0.05, 0) is 4.74 Å². The molecule has 1 aromatic carbocycles. The Hall–Kier alpha value is -2.24. The highest BCUT2D eigenvalue weighted by Crippen LogP contribution is 2.26. The first kappa shape index (κ1) is 16.1. The first-order valence-corrected chi connectivity index (χ1v) is 7.17. The number of ether oxygens (including phenoxy) is 1. The number of hydroxylamine groups is 1. The zero-order valence-electron chi connectivity index (χ0n) is 13.0. The van der Waals surface area contributed by atoms with Crippen LogP contribution in [0.1, 0.15) is 39.2 Å². The molecular weight excluding hydrogens is 284 g/mol. The lowest BCUT2D eigenvalue weighted by atomic mass is 10.00. The third-order valence-corrected chi connectivity index (χ3v) is 3.82. The molecule has 1 aliphatic heterocycles. The van der Waals surface area contributed by atoms with Crippen molar-refractivity contribution in [2.24, 2.45) is 0 Å². The third-order valence-electron chi connectivity index (χ3n) is 3.82. The van der Waals surface area contributed by atoms with Crippen molar-refractivity contribution >= 4 is 12.2 Å². The van der Waals surface area contributed by atoms with Crippen LogP contribution in [0, 0.1) is 11.5 Å². The first-order chi connectivity index (χ1) is 10.3. The number of rotatable bonds is 5. The standard InChI is InChI=1S/C16H21N2O4/c1-15(2,18(21)12-13-8-5-4-6-9-13)22-14(19)16(3)10-7-11-17(16)20/h4-6,8-9,11-12,20H,7,10H2,1-3H3/q+2. The molecule has 1 aromatic rings. The summed E-state index contributed by atoms with van der Waals surface area (Å²) in [6, 6.07) is 9.05. The molecule has 0 aliphatic carbocycles. The van der Waals surface area contributed by atoms with E-state index in [1.54, 1.807) is 19.1 Å². The summed E-state index contributed by atoms with van der Waals surface area (Å²) < 4.78 is 6.81. The second-order valence-corrected chi connectivity index (χ2v) is 6.04. The lowest BCUT2D eigenvalue weighted by Gasteiger charge is -2.21. The fraction of sp³-hybridized carbons (Fsp3) is 0.438. The molecule has 1 N–H and O–H groups in total. The lowest BCUT2D eigenvalue weighted by molar-refractivity contribution is -0.807. The van der Waals surface area contributed by atoms with Crippen LogP contribution >= 0.6 is 0 Å². The minimum Gasteiger partial charge on any atom is -0.392 e. The number of carbonyl (C=O) groups excluding carboxylic acids is 1. The van der Waals surface area contributed by atoms with Crippen LogP contribution in [0.3, 0.4) is 0 Å². The predicted octanol–water partition coefficient (Wildman–Crippen LogP) is 2.28. The lowest BCUT2D eigenvalue weighted by Crippen LogP contribution is -2.49. The third kappa shape index (κ3) is 3.16. The van der Waals surface area contributed by atoms with Gasteiger partial charge in [-0.1, -0.05) is 30.3 Å². The van der Waals surface area contributed by atoms with Crippen LogP contribution in [-0.2, 0) is 9.53 Å². The first-order valence-electron chi connectivity index (χ1n) is 7.17. The molecule has 0 bridgehead atoms. The second-order valence-electron chi connectivity index (χ2n) is 6.04. The van der Waals surface area contributed by atoms with Crippen molar-refractivity contribution in [1.29, 1.82) is 0 Å². The van der Waals surface area contributed by atoms with E-state index in [0.717, 1.165) is 4.74 Å². The molecule has 1 unspecified atom stereocenters. The summed E-state index contributed by atoms with van der Waals surface area (Å²) in [5.41, 5.74) is -1.81. The Morgan fingerprint density at radius 1 is 1.41 bits per heavy atom. The molecule has 1 radical (unpaired) electrons. The van der Waals surface area contributed by atoms with Crippen molar-refractivity contribution in [3.05, 3.63) is 47.3 Å². The number of esters is 1. The van der Waals surface area contributed by atoms with Crippen LogP contribution in [0.15, 0.2) is 30.3 Å². The molecular formula is C16H21N2O4+2. The summed E-state index contributed by atoms with van der Waals surface area (Å²) in [7, 11) is 0. The van der Waals surface area contributed by atoms with Gasteiger partial charge in [0.25, 0.3) is 6.54 Å². The van der Waals surface area contributed by atoms with Crippen LogP contribution in [0.5, 0.6) is 0 Å². The molecule has 0 spiro atoms. The molecule has 0 saturated carbocycles. The highest BCUT2D eigenvalue weighted by molar-refractivity contribution is 5.81. The van der Waals surface area contributed by atoms with E-state index < -0.39 is 17.2 Å². The van der Waals surface area contributed by atoms with Crippen molar-refractivity contribution < 1.29 is 24.2 Å². The number of carbonyl (C=O) groups is 1. The summed E-state index contributed by atoms with van der Waals surface area (Å²) in [5.74, 6) is -0.629. The number of hydrogen-bond donors (Lipinski definition) is 1. The summed E-state index contributed by atoms with van der Waals surface area (Å²) in [5, 5.41) is 9.77. The topological polar surface area (TPSA) is 69.6 Å². The summed E-state index contributed by atoms with van der Waals surface area (Å²) in [6.45, 7) is 5.99. The van der Waals surface area contributed by atoms with Gasteiger partial charge in [-0.15, -0.1) is 0 Å². The van der Waals surface area contributed by atoms with Crippen LogP contribution < -0.4 is 0 Å². The van der Waals surface area contributed by atoms with E-state index in [9.17, 15) is 14.9 Å². The van der Waals surface area contributed by atoms with Gasteiger partial charge in [-0.3, -0.25) is 5.21 Å². The van der Waals surface area contributed by atoms with E-state index in [1.807, 2.05) is 18.2 Å². The molecule has 1 heterocycles. The minimum absolute atomic E-state index is 0.444. The Kier molecular flexibility index (Phi) is 4.30. The van der Waals surface area contributed by atoms with Gasteiger partial charge in [0.15, 0.2) is 6.21 Å². The summed E-state index contributed by atoms with van der Waals surface area (Å²) in [4.78, 5) is 24.6. The van der Waals surface area contributed by atoms with Crippen LogP contribution in [0.4, 0.5) is 0 Å². The van der Waals surface area contributed by atoms with Crippen LogP contribution in [0.25, 0.3) is 0 Å². The highest BCUT2D eigenvalue weighted by atomic mass is 16.6. The van der Waals surface area contributed by atoms with Gasteiger partial charge < -0.3 is 4.74 Å². The number of benzene rings is 1. The normalized spacial score (nSPS) is 21.3. The van der Waals surface area contributed by atoms with Crippen molar-refractivity contribution in [1.82, 2.24) is 0 Å². The molecule has 117 valence electrons. The largest absolute Gasteiger partial charge is 0.392 e. The van der Waals surface area contributed by atoms with Gasteiger partial charge in [0.1, 0.15) is 0 Å². The van der Waals surface area contributed by atoms with E-state index in [0.29, 0.717) is 23.2 Å². The maximum Gasteiger partial charge on any atom is 0.388 e. The Bertz CT molecular complexity index is 610. The molecule has 6 nitrogen and oxygen atoms in total.